The van der Waals surface area contributed by atoms with Gasteiger partial charge in [0.05, 0.1) is 11.0 Å². The Bertz CT molecular complexity index is 2030. The Hall–Kier alpha value is -4.96. The lowest BCUT2D eigenvalue weighted by Gasteiger charge is -2.13. The van der Waals surface area contributed by atoms with Crippen LogP contribution >= 0.6 is 0 Å². The lowest BCUT2D eigenvalue weighted by atomic mass is 10.0. The molecule has 0 bridgehead atoms. The van der Waals surface area contributed by atoms with E-state index in [2.05, 4.69) is 95.6 Å². The molecule has 36 heavy (non-hydrogen) atoms. The third-order valence-corrected chi connectivity index (χ3v) is 7.08. The van der Waals surface area contributed by atoms with E-state index in [1.807, 2.05) is 24.3 Å². The molecule has 3 heterocycles. The molecule has 168 valence electrons. The van der Waals surface area contributed by atoms with E-state index < -0.39 is 0 Å². The SMILES string of the molecule is c1ccc2cc3c(-n4c5ccccc5c5ccccc54)nnc(-c4cc5ccccc5o4)c3cc2c1. The standard InChI is InChI=1S/C32H19N3O/c1-2-10-21-18-26-25(17-20(21)9-1)31(30-19-22-11-3-8-16-29(22)36-30)33-34-32(26)35-27-14-6-4-12-23(27)24-13-5-7-15-28(24)35/h1-19H. The van der Waals surface area contributed by atoms with Crippen molar-refractivity contribution in [2.45, 2.75) is 0 Å². The summed E-state index contributed by atoms with van der Waals surface area (Å²) in [6.07, 6.45) is 0. The molecule has 0 aliphatic rings. The van der Waals surface area contributed by atoms with Crippen molar-refractivity contribution in [1.82, 2.24) is 14.8 Å². The number of furan rings is 1. The zero-order valence-electron chi connectivity index (χ0n) is 19.2. The minimum Gasteiger partial charge on any atom is -0.454 e. The number of fused-ring (bicyclic) bond motifs is 6. The van der Waals surface area contributed by atoms with E-state index in [0.717, 1.165) is 60.8 Å². The van der Waals surface area contributed by atoms with Gasteiger partial charge in [0.15, 0.2) is 11.6 Å². The van der Waals surface area contributed by atoms with Crippen LogP contribution in [-0.2, 0) is 0 Å². The summed E-state index contributed by atoms with van der Waals surface area (Å²) in [5, 5.41) is 17.5. The van der Waals surface area contributed by atoms with E-state index in [1.54, 1.807) is 0 Å². The number of hydrogen-bond acceptors (Lipinski definition) is 3. The number of hydrogen-bond donors (Lipinski definition) is 0. The van der Waals surface area contributed by atoms with Gasteiger partial charge in [-0.2, -0.15) is 0 Å². The average molecular weight is 462 g/mol. The van der Waals surface area contributed by atoms with E-state index in [1.165, 1.54) is 10.8 Å². The van der Waals surface area contributed by atoms with Gasteiger partial charge < -0.3 is 4.42 Å². The zero-order valence-corrected chi connectivity index (χ0v) is 19.2. The minimum absolute atomic E-state index is 0.720. The number of para-hydroxylation sites is 3. The molecule has 0 saturated carbocycles. The normalized spacial score (nSPS) is 11.9. The monoisotopic (exact) mass is 461 g/mol. The Labute approximate surface area is 206 Å². The summed E-state index contributed by atoms with van der Waals surface area (Å²) in [6.45, 7) is 0. The van der Waals surface area contributed by atoms with Crippen LogP contribution in [-0.4, -0.2) is 14.8 Å². The first-order valence-electron chi connectivity index (χ1n) is 12.0. The number of rotatable bonds is 2. The summed E-state index contributed by atoms with van der Waals surface area (Å²) >= 11 is 0. The quantitative estimate of drug-likeness (QED) is 0.243. The van der Waals surface area contributed by atoms with Gasteiger partial charge in [0.25, 0.3) is 0 Å². The van der Waals surface area contributed by atoms with Crippen molar-refractivity contribution in [2.75, 3.05) is 0 Å². The molecular weight excluding hydrogens is 442 g/mol. The Morgan fingerprint density at radius 3 is 1.78 bits per heavy atom. The predicted molar refractivity (Wildman–Crippen MR) is 147 cm³/mol. The molecule has 0 saturated heterocycles. The number of benzene rings is 5. The van der Waals surface area contributed by atoms with E-state index in [9.17, 15) is 0 Å². The molecule has 0 aliphatic heterocycles. The lowest BCUT2D eigenvalue weighted by molar-refractivity contribution is 0.628. The Kier molecular flexibility index (Phi) is 3.91. The fraction of sp³-hybridized carbons (Fsp3) is 0. The van der Waals surface area contributed by atoms with Gasteiger partial charge in [0.2, 0.25) is 0 Å². The molecule has 0 aliphatic carbocycles. The molecular formula is C32H19N3O. The molecule has 8 aromatic rings. The highest BCUT2D eigenvalue weighted by molar-refractivity contribution is 6.12. The Morgan fingerprint density at radius 1 is 0.500 bits per heavy atom. The highest BCUT2D eigenvalue weighted by Gasteiger charge is 2.20. The average Bonchev–Trinajstić information content (AvgIpc) is 3.51. The van der Waals surface area contributed by atoms with Crippen molar-refractivity contribution in [2.24, 2.45) is 0 Å². The van der Waals surface area contributed by atoms with Gasteiger partial charge in [0.1, 0.15) is 11.3 Å². The highest BCUT2D eigenvalue weighted by Crippen LogP contribution is 2.38. The van der Waals surface area contributed by atoms with Gasteiger partial charge >= 0.3 is 0 Å². The van der Waals surface area contributed by atoms with Crippen molar-refractivity contribution < 1.29 is 4.42 Å². The molecule has 4 nitrogen and oxygen atoms in total. The van der Waals surface area contributed by atoms with Gasteiger partial charge in [-0.3, -0.25) is 4.57 Å². The maximum Gasteiger partial charge on any atom is 0.168 e. The van der Waals surface area contributed by atoms with Crippen LogP contribution in [0, 0.1) is 0 Å². The molecule has 4 heteroatoms. The fourth-order valence-electron chi connectivity index (χ4n) is 5.42. The third kappa shape index (κ3) is 2.70. The second kappa shape index (κ2) is 7.27. The van der Waals surface area contributed by atoms with Crippen LogP contribution in [0.25, 0.3) is 71.6 Å². The lowest BCUT2D eigenvalue weighted by Crippen LogP contribution is -2.02. The third-order valence-electron chi connectivity index (χ3n) is 7.08. The first-order chi connectivity index (χ1) is 17.8. The van der Waals surface area contributed by atoms with Crippen molar-refractivity contribution in [3.63, 3.8) is 0 Å². The van der Waals surface area contributed by atoms with Gasteiger partial charge in [-0.15, -0.1) is 10.2 Å². The summed E-state index contributed by atoms with van der Waals surface area (Å²) in [5.41, 5.74) is 3.81. The molecule has 0 atom stereocenters. The molecule has 3 aromatic heterocycles. The maximum absolute atomic E-state index is 6.24. The van der Waals surface area contributed by atoms with Gasteiger partial charge in [-0.05, 0) is 47.2 Å². The summed E-state index contributed by atoms with van der Waals surface area (Å²) in [4.78, 5) is 0. The van der Waals surface area contributed by atoms with Crippen LogP contribution in [0.2, 0.25) is 0 Å². The summed E-state index contributed by atoms with van der Waals surface area (Å²) in [7, 11) is 0. The van der Waals surface area contributed by atoms with Crippen LogP contribution in [0.3, 0.4) is 0 Å². The van der Waals surface area contributed by atoms with Gasteiger partial charge in [0, 0.05) is 26.9 Å². The first kappa shape index (κ1) is 19.4. The molecule has 5 aromatic carbocycles. The number of aromatic nitrogens is 3. The number of nitrogens with zero attached hydrogens (tertiary/aromatic N) is 3. The van der Waals surface area contributed by atoms with Crippen molar-refractivity contribution in [1.29, 1.82) is 0 Å². The van der Waals surface area contributed by atoms with Crippen molar-refractivity contribution in [3.05, 3.63) is 115 Å². The van der Waals surface area contributed by atoms with Crippen LogP contribution in [0.5, 0.6) is 0 Å². The summed E-state index contributed by atoms with van der Waals surface area (Å²) in [5.74, 6) is 1.53. The van der Waals surface area contributed by atoms with Crippen molar-refractivity contribution >= 4 is 54.3 Å². The van der Waals surface area contributed by atoms with E-state index >= 15 is 0 Å². The Morgan fingerprint density at radius 2 is 1.08 bits per heavy atom. The molecule has 0 radical (unpaired) electrons. The topological polar surface area (TPSA) is 43.9 Å². The first-order valence-corrected chi connectivity index (χ1v) is 12.0. The Balaban J connectivity index is 1.52. The van der Waals surface area contributed by atoms with Crippen LogP contribution < -0.4 is 0 Å². The smallest absolute Gasteiger partial charge is 0.168 e. The van der Waals surface area contributed by atoms with Gasteiger partial charge in [-0.1, -0.05) is 78.9 Å². The summed E-state index contributed by atoms with van der Waals surface area (Å²) < 4.78 is 8.47. The van der Waals surface area contributed by atoms with Crippen LogP contribution in [0.15, 0.2) is 120 Å². The van der Waals surface area contributed by atoms with Gasteiger partial charge in [-0.25, -0.2) is 0 Å². The largest absolute Gasteiger partial charge is 0.454 e. The molecule has 0 unspecified atom stereocenters. The van der Waals surface area contributed by atoms with E-state index in [4.69, 9.17) is 14.6 Å². The van der Waals surface area contributed by atoms with Crippen LogP contribution in [0.4, 0.5) is 0 Å². The second-order valence-corrected chi connectivity index (χ2v) is 9.14. The fourth-order valence-corrected chi connectivity index (χ4v) is 5.42. The predicted octanol–water partition coefficient (Wildman–Crippen LogP) is 8.29. The molecule has 0 amide bonds. The molecule has 0 fully saturated rings. The molecule has 0 spiro atoms. The molecule has 8 rings (SSSR count). The van der Waals surface area contributed by atoms with E-state index in [-0.39, 0.29) is 0 Å². The minimum atomic E-state index is 0.720. The zero-order chi connectivity index (χ0) is 23.6. The van der Waals surface area contributed by atoms with E-state index in [0.29, 0.717) is 0 Å². The van der Waals surface area contributed by atoms with Crippen molar-refractivity contribution in [3.8, 4) is 17.3 Å². The summed E-state index contributed by atoms with van der Waals surface area (Å²) in [6, 6.07) is 39.9. The maximum atomic E-state index is 6.24. The highest BCUT2D eigenvalue weighted by atomic mass is 16.3. The molecule has 0 N–H and O–H groups in total. The van der Waals surface area contributed by atoms with Crippen LogP contribution in [0.1, 0.15) is 0 Å². The second-order valence-electron chi connectivity index (χ2n) is 9.14.